The number of nitrogens with one attached hydrogen (secondary N) is 2. The van der Waals surface area contributed by atoms with Crippen LogP contribution in [0.25, 0.3) is 0 Å². The minimum atomic E-state index is 0.832. The van der Waals surface area contributed by atoms with Gasteiger partial charge in [-0.05, 0) is 31.9 Å². The maximum atomic E-state index is 4.34. The molecule has 1 aromatic heterocycles. The minimum Gasteiger partial charge on any atom is -0.356 e. The fourth-order valence-corrected chi connectivity index (χ4v) is 3.72. The van der Waals surface area contributed by atoms with Crippen LogP contribution in [0.2, 0.25) is 0 Å². The third-order valence-electron chi connectivity index (χ3n) is 5.14. The topological polar surface area (TPSA) is 68.7 Å². The number of nitrogens with zero attached hydrogens (tertiary/aromatic N) is 5. The Kier molecular flexibility index (Phi) is 7.81. The van der Waals surface area contributed by atoms with Gasteiger partial charge in [-0.1, -0.05) is 29.3 Å². The summed E-state index contributed by atoms with van der Waals surface area (Å²) in [5.41, 5.74) is 4.01. The largest absolute Gasteiger partial charge is 0.356 e. The number of hydrogen-bond acceptors (Lipinski definition) is 5. The lowest BCUT2D eigenvalue weighted by Gasteiger charge is -2.34. The first-order valence-electron chi connectivity index (χ1n) is 10.4. The average molecular weight is 396 g/mol. The lowest BCUT2D eigenvalue weighted by molar-refractivity contribution is 0.260. The van der Waals surface area contributed by atoms with Gasteiger partial charge in [0.1, 0.15) is 0 Å². The third kappa shape index (κ3) is 6.71. The van der Waals surface area contributed by atoms with Crippen LogP contribution in [0.15, 0.2) is 41.7 Å². The number of guanidine groups is 1. The molecule has 0 unspecified atom stereocenters. The standard InChI is InChI=1S/C22H33N7/c1-18-15-19(2)17-20(16-18)5-8-24-21(23-3)25-9-10-28-11-13-29(14-12-28)22-26-6-4-7-27-22/h4,6-7,15-17H,5,8-14H2,1-3H3,(H2,23,24,25). The summed E-state index contributed by atoms with van der Waals surface area (Å²) < 4.78 is 0. The summed E-state index contributed by atoms with van der Waals surface area (Å²) in [6, 6.07) is 8.58. The van der Waals surface area contributed by atoms with E-state index in [9.17, 15) is 0 Å². The van der Waals surface area contributed by atoms with Crippen molar-refractivity contribution in [3.8, 4) is 0 Å². The fraction of sp³-hybridized carbons (Fsp3) is 0.500. The highest BCUT2D eigenvalue weighted by Gasteiger charge is 2.18. The van der Waals surface area contributed by atoms with Gasteiger partial charge in [-0.2, -0.15) is 0 Å². The van der Waals surface area contributed by atoms with Crippen molar-refractivity contribution in [3.63, 3.8) is 0 Å². The van der Waals surface area contributed by atoms with Gasteiger partial charge in [0.2, 0.25) is 5.95 Å². The van der Waals surface area contributed by atoms with Gasteiger partial charge >= 0.3 is 0 Å². The van der Waals surface area contributed by atoms with Gasteiger partial charge in [-0.25, -0.2) is 9.97 Å². The molecule has 0 atom stereocenters. The second-order valence-electron chi connectivity index (χ2n) is 7.55. The minimum absolute atomic E-state index is 0.832. The van der Waals surface area contributed by atoms with Gasteiger partial charge < -0.3 is 15.5 Å². The summed E-state index contributed by atoms with van der Waals surface area (Å²) in [7, 11) is 1.82. The number of aryl methyl sites for hydroxylation is 2. The van der Waals surface area contributed by atoms with E-state index in [2.05, 4.69) is 67.4 Å². The van der Waals surface area contributed by atoms with Crippen LogP contribution >= 0.6 is 0 Å². The highest BCUT2D eigenvalue weighted by Crippen LogP contribution is 2.10. The predicted molar refractivity (Wildman–Crippen MR) is 120 cm³/mol. The molecule has 29 heavy (non-hydrogen) atoms. The normalized spacial score (nSPS) is 15.4. The summed E-state index contributed by atoms with van der Waals surface area (Å²) in [5, 5.41) is 6.85. The maximum Gasteiger partial charge on any atom is 0.225 e. The first-order valence-corrected chi connectivity index (χ1v) is 10.4. The molecule has 1 aliphatic rings. The predicted octanol–water partition coefficient (Wildman–Crippen LogP) is 1.62. The molecule has 0 saturated carbocycles. The van der Waals surface area contributed by atoms with Gasteiger partial charge in [0.15, 0.2) is 5.96 Å². The first kappa shape index (κ1) is 21.0. The molecule has 2 aromatic rings. The summed E-state index contributed by atoms with van der Waals surface area (Å²) in [4.78, 5) is 17.7. The smallest absolute Gasteiger partial charge is 0.225 e. The van der Waals surface area contributed by atoms with Crippen LogP contribution in [-0.4, -0.2) is 73.7 Å². The van der Waals surface area contributed by atoms with Crippen molar-refractivity contribution >= 4 is 11.9 Å². The van der Waals surface area contributed by atoms with Crippen molar-refractivity contribution in [2.75, 3.05) is 57.8 Å². The monoisotopic (exact) mass is 395 g/mol. The Morgan fingerprint density at radius 2 is 1.62 bits per heavy atom. The second kappa shape index (κ2) is 10.8. The molecule has 1 aromatic carbocycles. The van der Waals surface area contributed by atoms with Crippen molar-refractivity contribution in [2.24, 2.45) is 4.99 Å². The number of benzene rings is 1. The van der Waals surface area contributed by atoms with E-state index in [0.29, 0.717) is 0 Å². The number of hydrogen-bond donors (Lipinski definition) is 2. The first-order chi connectivity index (χ1) is 14.1. The summed E-state index contributed by atoms with van der Waals surface area (Å²) in [6.07, 6.45) is 4.60. The molecule has 2 heterocycles. The SMILES string of the molecule is CN=C(NCCc1cc(C)cc(C)c1)NCCN1CCN(c2ncccn2)CC1. The Hall–Kier alpha value is -2.67. The van der Waals surface area contributed by atoms with Crippen LogP contribution in [0.3, 0.4) is 0 Å². The molecule has 0 bridgehead atoms. The molecule has 0 amide bonds. The lowest BCUT2D eigenvalue weighted by atomic mass is 10.1. The number of rotatable bonds is 7. The molecular formula is C22H33N7. The van der Waals surface area contributed by atoms with Gasteiger partial charge in [-0.15, -0.1) is 0 Å². The van der Waals surface area contributed by atoms with Crippen LogP contribution < -0.4 is 15.5 Å². The Morgan fingerprint density at radius 3 is 2.28 bits per heavy atom. The average Bonchev–Trinajstić information content (AvgIpc) is 2.73. The van der Waals surface area contributed by atoms with Crippen LogP contribution in [0, 0.1) is 13.8 Å². The fourth-order valence-electron chi connectivity index (χ4n) is 3.72. The molecule has 2 N–H and O–H groups in total. The molecule has 0 spiro atoms. The lowest BCUT2D eigenvalue weighted by Crippen LogP contribution is -2.49. The van der Waals surface area contributed by atoms with Crippen molar-refractivity contribution in [2.45, 2.75) is 20.3 Å². The van der Waals surface area contributed by atoms with E-state index < -0.39 is 0 Å². The zero-order valence-corrected chi connectivity index (χ0v) is 17.9. The van der Waals surface area contributed by atoms with Crippen LogP contribution in [0.5, 0.6) is 0 Å². The highest BCUT2D eigenvalue weighted by atomic mass is 15.3. The van der Waals surface area contributed by atoms with Crippen LogP contribution in [0.1, 0.15) is 16.7 Å². The molecule has 156 valence electrons. The number of piperazine rings is 1. The van der Waals surface area contributed by atoms with E-state index in [-0.39, 0.29) is 0 Å². The van der Waals surface area contributed by atoms with E-state index >= 15 is 0 Å². The van der Waals surface area contributed by atoms with Crippen molar-refractivity contribution < 1.29 is 0 Å². The highest BCUT2D eigenvalue weighted by molar-refractivity contribution is 5.79. The zero-order valence-electron chi connectivity index (χ0n) is 17.9. The molecule has 3 rings (SSSR count). The van der Waals surface area contributed by atoms with E-state index in [1.807, 2.05) is 13.1 Å². The van der Waals surface area contributed by atoms with Crippen molar-refractivity contribution in [3.05, 3.63) is 53.3 Å². The van der Waals surface area contributed by atoms with Crippen LogP contribution in [0.4, 0.5) is 5.95 Å². The maximum absolute atomic E-state index is 4.34. The zero-order chi connectivity index (χ0) is 20.5. The summed E-state index contributed by atoms with van der Waals surface area (Å²) in [6.45, 7) is 11.0. The molecule has 7 nitrogen and oxygen atoms in total. The summed E-state index contributed by atoms with van der Waals surface area (Å²) >= 11 is 0. The molecule has 1 saturated heterocycles. The third-order valence-corrected chi connectivity index (χ3v) is 5.14. The molecule has 1 fully saturated rings. The van der Waals surface area contributed by atoms with E-state index in [1.165, 1.54) is 16.7 Å². The Bertz CT molecular complexity index is 763. The van der Waals surface area contributed by atoms with Crippen molar-refractivity contribution in [1.29, 1.82) is 0 Å². The van der Waals surface area contributed by atoms with E-state index in [0.717, 1.165) is 64.1 Å². The number of aliphatic imine (C=N–C) groups is 1. The van der Waals surface area contributed by atoms with E-state index in [4.69, 9.17) is 0 Å². The summed E-state index contributed by atoms with van der Waals surface area (Å²) in [5.74, 6) is 1.70. The molecule has 1 aliphatic heterocycles. The van der Waals surface area contributed by atoms with Crippen LogP contribution in [-0.2, 0) is 6.42 Å². The number of aromatic nitrogens is 2. The Morgan fingerprint density at radius 1 is 0.966 bits per heavy atom. The Balaban J connectivity index is 1.33. The number of anilines is 1. The van der Waals surface area contributed by atoms with Gasteiger partial charge in [0, 0.05) is 65.3 Å². The van der Waals surface area contributed by atoms with E-state index in [1.54, 1.807) is 12.4 Å². The van der Waals surface area contributed by atoms with Gasteiger partial charge in [0.25, 0.3) is 0 Å². The quantitative estimate of drug-likeness (QED) is 0.549. The van der Waals surface area contributed by atoms with Crippen molar-refractivity contribution in [1.82, 2.24) is 25.5 Å². The Labute approximate surface area is 174 Å². The van der Waals surface area contributed by atoms with Gasteiger partial charge in [0.05, 0.1) is 0 Å². The molecule has 0 aliphatic carbocycles. The second-order valence-corrected chi connectivity index (χ2v) is 7.55. The van der Waals surface area contributed by atoms with Gasteiger partial charge in [-0.3, -0.25) is 9.89 Å². The molecular weight excluding hydrogens is 362 g/mol. The molecule has 0 radical (unpaired) electrons. The molecule has 7 heteroatoms.